The number of benzene rings is 2. The summed E-state index contributed by atoms with van der Waals surface area (Å²) in [4.78, 5) is 10.6. The van der Waals surface area contributed by atoms with Crippen molar-refractivity contribution in [3.05, 3.63) is 64.2 Å². The third-order valence-electron chi connectivity index (χ3n) is 8.54. The van der Waals surface area contributed by atoms with Gasteiger partial charge in [0.05, 0.1) is 16.6 Å². The smallest absolute Gasteiger partial charge is 0.123 e. The summed E-state index contributed by atoms with van der Waals surface area (Å²) < 4.78 is 13.8. The van der Waals surface area contributed by atoms with Crippen LogP contribution < -0.4 is 0 Å². The number of nitrogens with one attached hydrogen (secondary N) is 1. The van der Waals surface area contributed by atoms with E-state index in [4.69, 9.17) is 4.98 Å². The third-order valence-corrected chi connectivity index (χ3v) is 8.54. The Kier molecular flexibility index (Phi) is 9.07. The first-order valence-electron chi connectivity index (χ1n) is 14.3. The van der Waals surface area contributed by atoms with Crippen LogP contribution in [0.2, 0.25) is 0 Å². The molecule has 0 fully saturated rings. The number of hydrogen-bond acceptors (Lipinski definition) is 3. The molecule has 2 atom stereocenters. The lowest BCUT2D eigenvalue weighted by Gasteiger charge is -2.44. The van der Waals surface area contributed by atoms with Crippen LogP contribution in [-0.2, 0) is 12.8 Å². The molecule has 0 amide bonds. The second kappa shape index (κ2) is 12.1. The summed E-state index contributed by atoms with van der Waals surface area (Å²) in [7, 11) is 2.17. The topological polar surface area (TPSA) is 52.1 Å². The molecule has 202 valence electrons. The van der Waals surface area contributed by atoms with Crippen molar-refractivity contribution in [2.24, 2.45) is 5.92 Å². The van der Waals surface area contributed by atoms with Gasteiger partial charge in [-0.3, -0.25) is 0 Å². The number of aromatic nitrogens is 2. The van der Waals surface area contributed by atoms with Crippen molar-refractivity contribution in [2.75, 3.05) is 20.1 Å². The standard InChI is InChI=1S/C32H46FN3O/c1-22(2)31-27-13-12-26(33)21-25(27)14-15-32(31,37)16-18-36(5)17-10-8-6-7-9-11-30-34-28-19-23(3)24(4)20-29(28)35-30/h12-13,19-22,31,37H,6-11,14-18H2,1-5H3,(H,34,35)/t31-,32-/m0/s1. The maximum atomic E-state index is 13.8. The molecule has 1 aliphatic rings. The molecular formula is C32H46FN3O. The molecule has 0 saturated heterocycles. The van der Waals surface area contributed by atoms with Crippen LogP contribution in [0.3, 0.4) is 0 Å². The Bertz CT molecular complexity index is 1150. The maximum Gasteiger partial charge on any atom is 0.123 e. The van der Waals surface area contributed by atoms with E-state index < -0.39 is 5.60 Å². The summed E-state index contributed by atoms with van der Waals surface area (Å²) >= 11 is 0. The van der Waals surface area contributed by atoms with Gasteiger partial charge < -0.3 is 15.0 Å². The Morgan fingerprint density at radius 2 is 1.78 bits per heavy atom. The fraction of sp³-hybridized carbons (Fsp3) is 0.594. The van der Waals surface area contributed by atoms with E-state index in [0.29, 0.717) is 12.3 Å². The van der Waals surface area contributed by atoms with Crippen LogP contribution in [-0.4, -0.2) is 45.7 Å². The Morgan fingerprint density at radius 3 is 2.57 bits per heavy atom. The van der Waals surface area contributed by atoms with Gasteiger partial charge >= 0.3 is 0 Å². The Balaban J connectivity index is 1.15. The first kappa shape index (κ1) is 27.8. The molecule has 0 spiro atoms. The molecule has 1 heterocycles. The van der Waals surface area contributed by atoms with Crippen LogP contribution in [0.1, 0.15) is 92.8 Å². The minimum absolute atomic E-state index is 0.0602. The van der Waals surface area contributed by atoms with E-state index in [1.165, 1.54) is 43.2 Å². The lowest BCUT2D eigenvalue weighted by Crippen LogP contribution is -2.45. The number of unbranched alkanes of at least 4 members (excludes halogenated alkanes) is 4. The highest BCUT2D eigenvalue weighted by atomic mass is 19.1. The molecule has 0 unspecified atom stereocenters. The number of H-pyrrole nitrogens is 1. The zero-order valence-corrected chi connectivity index (χ0v) is 23.5. The SMILES string of the molecule is Cc1cc2nc(CCCCCCCN(C)CC[C@@]3(O)CCc4cc(F)ccc4[C@@H]3C(C)C)[nH]c2cc1C. The average molecular weight is 508 g/mol. The van der Waals surface area contributed by atoms with Crippen molar-refractivity contribution in [1.82, 2.24) is 14.9 Å². The first-order valence-corrected chi connectivity index (χ1v) is 14.3. The number of halogens is 1. The van der Waals surface area contributed by atoms with Crippen LogP contribution >= 0.6 is 0 Å². The second-order valence-electron chi connectivity index (χ2n) is 11.9. The van der Waals surface area contributed by atoms with Crippen LogP contribution in [0.4, 0.5) is 4.39 Å². The molecule has 5 heteroatoms. The number of fused-ring (bicyclic) bond motifs is 2. The van der Waals surface area contributed by atoms with Crippen molar-refractivity contribution in [2.45, 2.75) is 97.0 Å². The van der Waals surface area contributed by atoms with Gasteiger partial charge in [0, 0.05) is 18.9 Å². The first-order chi connectivity index (χ1) is 17.7. The van der Waals surface area contributed by atoms with Gasteiger partial charge in [-0.25, -0.2) is 9.37 Å². The molecule has 4 nitrogen and oxygen atoms in total. The maximum absolute atomic E-state index is 13.8. The van der Waals surface area contributed by atoms with E-state index in [2.05, 4.69) is 56.8 Å². The molecule has 0 bridgehead atoms. The molecular weight excluding hydrogens is 461 g/mol. The van der Waals surface area contributed by atoms with E-state index in [9.17, 15) is 9.50 Å². The summed E-state index contributed by atoms with van der Waals surface area (Å²) in [5.74, 6) is 1.30. The van der Waals surface area contributed by atoms with Crippen molar-refractivity contribution in [3.8, 4) is 0 Å². The van der Waals surface area contributed by atoms with Crippen LogP contribution in [0.15, 0.2) is 30.3 Å². The molecule has 3 aromatic rings. The summed E-state index contributed by atoms with van der Waals surface area (Å²) in [6, 6.07) is 9.49. The summed E-state index contributed by atoms with van der Waals surface area (Å²) in [5, 5.41) is 11.7. The van der Waals surface area contributed by atoms with Crippen LogP contribution in [0.25, 0.3) is 11.0 Å². The van der Waals surface area contributed by atoms with Crippen LogP contribution in [0, 0.1) is 25.6 Å². The number of rotatable bonds is 12. The minimum Gasteiger partial charge on any atom is -0.389 e. The number of hydrogen-bond donors (Lipinski definition) is 2. The fourth-order valence-electron chi connectivity index (χ4n) is 6.29. The Labute approximate surface area is 222 Å². The molecule has 0 radical (unpaired) electrons. The predicted molar refractivity (Wildman–Crippen MR) is 152 cm³/mol. The van der Waals surface area contributed by atoms with Crippen molar-refractivity contribution in [1.29, 1.82) is 0 Å². The zero-order chi connectivity index (χ0) is 26.6. The van der Waals surface area contributed by atoms with E-state index in [1.807, 2.05) is 6.07 Å². The van der Waals surface area contributed by atoms with Crippen LogP contribution in [0.5, 0.6) is 0 Å². The van der Waals surface area contributed by atoms with E-state index in [1.54, 1.807) is 12.1 Å². The highest BCUT2D eigenvalue weighted by Crippen LogP contribution is 2.45. The van der Waals surface area contributed by atoms with E-state index in [0.717, 1.165) is 60.3 Å². The molecule has 1 aromatic heterocycles. The Morgan fingerprint density at radius 1 is 1.05 bits per heavy atom. The molecule has 37 heavy (non-hydrogen) atoms. The lowest BCUT2D eigenvalue weighted by molar-refractivity contribution is -0.0301. The molecule has 2 N–H and O–H groups in total. The van der Waals surface area contributed by atoms with Gasteiger partial charge in [0.15, 0.2) is 0 Å². The molecule has 1 aliphatic carbocycles. The summed E-state index contributed by atoms with van der Waals surface area (Å²) in [6.07, 6.45) is 9.32. The normalized spacial score (nSPS) is 19.8. The van der Waals surface area contributed by atoms with Gasteiger partial charge in [-0.05, 0) is 112 Å². The number of nitrogens with zero attached hydrogens (tertiary/aromatic N) is 2. The lowest BCUT2D eigenvalue weighted by atomic mass is 9.66. The molecule has 2 aromatic carbocycles. The van der Waals surface area contributed by atoms with Gasteiger partial charge in [-0.15, -0.1) is 0 Å². The van der Waals surface area contributed by atoms with Crippen molar-refractivity contribution in [3.63, 3.8) is 0 Å². The number of imidazole rings is 1. The summed E-state index contributed by atoms with van der Waals surface area (Å²) in [6.45, 7) is 10.6. The molecule has 4 rings (SSSR count). The monoisotopic (exact) mass is 507 g/mol. The summed E-state index contributed by atoms with van der Waals surface area (Å²) in [5.41, 5.74) is 6.32. The number of aryl methyl sites for hydroxylation is 4. The average Bonchev–Trinajstić information content (AvgIpc) is 3.23. The number of aromatic amines is 1. The van der Waals surface area contributed by atoms with Gasteiger partial charge in [0.1, 0.15) is 11.6 Å². The second-order valence-corrected chi connectivity index (χ2v) is 11.9. The van der Waals surface area contributed by atoms with Crippen molar-refractivity contribution >= 4 is 11.0 Å². The quantitative estimate of drug-likeness (QED) is 0.254. The largest absolute Gasteiger partial charge is 0.389 e. The Hall–Kier alpha value is -2.24. The zero-order valence-electron chi connectivity index (χ0n) is 23.5. The highest BCUT2D eigenvalue weighted by Gasteiger charge is 2.43. The highest BCUT2D eigenvalue weighted by molar-refractivity contribution is 5.77. The molecule has 0 aliphatic heterocycles. The number of aliphatic hydroxyl groups is 1. The van der Waals surface area contributed by atoms with Gasteiger partial charge in [0.2, 0.25) is 0 Å². The fourth-order valence-corrected chi connectivity index (χ4v) is 6.29. The van der Waals surface area contributed by atoms with Gasteiger partial charge in [-0.1, -0.05) is 39.2 Å². The third kappa shape index (κ3) is 6.80. The predicted octanol–water partition coefficient (Wildman–Crippen LogP) is 7.25. The van der Waals surface area contributed by atoms with Crippen molar-refractivity contribution < 1.29 is 9.50 Å². The molecule has 0 saturated carbocycles. The van der Waals surface area contributed by atoms with E-state index in [-0.39, 0.29) is 11.7 Å². The minimum atomic E-state index is -0.721. The van der Waals surface area contributed by atoms with Gasteiger partial charge in [0.25, 0.3) is 0 Å². The van der Waals surface area contributed by atoms with Gasteiger partial charge in [-0.2, -0.15) is 0 Å². The van der Waals surface area contributed by atoms with E-state index >= 15 is 0 Å².